The minimum absolute atomic E-state index is 0.00548. The van der Waals surface area contributed by atoms with Gasteiger partial charge in [0, 0.05) is 5.56 Å². The molecule has 0 amide bonds. The van der Waals surface area contributed by atoms with E-state index in [-0.39, 0.29) is 19.2 Å². The van der Waals surface area contributed by atoms with Gasteiger partial charge in [0.15, 0.2) is 0 Å². The second-order valence-corrected chi connectivity index (χ2v) is 5.47. The maximum Gasteiger partial charge on any atom is 0.436 e. The van der Waals surface area contributed by atoms with E-state index in [0.29, 0.717) is 5.82 Å². The van der Waals surface area contributed by atoms with Crippen molar-refractivity contribution in [1.29, 1.82) is 0 Å². The van der Waals surface area contributed by atoms with Crippen LogP contribution in [0.25, 0.3) is 11.4 Å². The average molecular weight is 297 g/mol. The van der Waals surface area contributed by atoms with Crippen molar-refractivity contribution in [1.82, 2.24) is 10.1 Å². The van der Waals surface area contributed by atoms with Crippen molar-refractivity contribution in [2.24, 2.45) is 0 Å². The second kappa shape index (κ2) is 6.65. The number of hydrogen-bond donors (Lipinski definition) is 1. The first-order chi connectivity index (χ1) is 9.67. The number of benzene rings is 1. The fourth-order valence-corrected chi connectivity index (χ4v) is 2.74. The van der Waals surface area contributed by atoms with Crippen molar-refractivity contribution in [3.8, 4) is 11.4 Å². The molecule has 1 heterocycles. The summed E-state index contributed by atoms with van der Waals surface area (Å²) in [5.41, 5.74) is 0.798. The topological polar surface area (TPSA) is 86.5 Å². The maximum absolute atomic E-state index is 12.2. The Hall–Kier alpha value is -1.69. The summed E-state index contributed by atoms with van der Waals surface area (Å²) in [4.78, 5) is 4.11. The van der Waals surface area contributed by atoms with E-state index in [2.05, 4.69) is 15.2 Å². The molecule has 0 saturated heterocycles. The van der Waals surface area contributed by atoms with Crippen LogP contribution in [0.4, 0.5) is 6.01 Å². The lowest BCUT2D eigenvalue weighted by Crippen LogP contribution is -2.05. The lowest BCUT2D eigenvalue weighted by atomic mass is 10.2. The van der Waals surface area contributed by atoms with E-state index in [4.69, 9.17) is 13.6 Å². The van der Waals surface area contributed by atoms with Gasteiger partial charge < -0.3 is 4.52 Å². The van der Waals surface area contributed by atoms with E-state index >= 15 is 0 Å². The molecule has 7 nitrogen and oxygen atoms in total. The molecule has 0 atom stereocenters. The summed E-state index contributed by atoms with van der Waals surface area (Å²) in [6.07, 6.45) is 0. The van der Waals surface area contributed by atoms with E-state index in [1.165, 1.54) is 0 Å². The fourth-order valence-electron chi connectivity index (χ4n) is 1.53. The third-order valence-corrected chi connectivity index (χ3v) is 3.95. The smallest absolute Gasteiger partial charge is 0.315 e. The Morgan fingerprint density at radius 3 is 2.45 bits per heavy atom. The lowest BCUT2D eigenvalue weighted by molar-refractivity contribution is 0.223. The van der Waals surface area contributed by atoms with Gasteiger partial charge in [-0.05, 0) is 13.8 Å². The number of nitrogens with zero attached hydrogens (tertiary/aromatic N) is 2. The SMILES string of the molecule is CCOP(=O)(Nc1nc(-c2ccccc2)no1)OCC. The Bertz CT molecular complexity index is 577. The zero-order valence-corrected chi connectivity index (χ0v) is 12.2. The van der Waals surface area contributed by atoms with E-state index < -0.39 is 7.75 Å². The van der Waals surface area contributed by atoms with Crippen LogP contribution in [-0.2, 0) is 13.6 Å². The molecule has 20 heavy (non-hydrogen) atoms. The van der Waals surface area contributed by atoms with Crippen LogP contribution in [0.2, 0.25) is 0 Å². The Morgan fingerprint density at radius 2 is 1.85 bits per heavy atom. The number of rotatable bonds is 7. The van der Waals surface area contributed by atoms with Crippen molar-refractivity contribution in [2.45, 2.75) is 13.8 Å². The number of anilines is 1. The monoisotopic (exact) mass is 297 g/mol. The van der Waals surface area contributed by atoms with Crippen LogP contribution in [0.5, 0.6) is 0 Å². The molecular formula is C12H16N3O4P. The minimum atomic E-state index is -3.47. The molecule has 0 saturated carbocycles. The van der Waals surface area contributed by atoms with E-state index in [9.17, 15) is 4.57 Å². The van der Waals surface area contributed by atoms with Gasteiger partial charge in [-0.25, -0.2) is 9.65 Å². The molecule has 1 N–H and O–H groups in total. The zero-order valence-electron chi connectivity index (χ0n) is 11.3. The molecule has 0 unspecified atom stereocenters. The van der Waals surface area contributed by atoms with Gasteiger partial charge in [0.2, 0.25) is 5.82 Å². The molecule has 0 bridgehead atoms. The van der Waals surface area contributed by atoms with Crippen LogP contribution in [0, 0.1) is 0 Å². The molecule has 2 rings (SSSR count). The minimum Gasteiger partial charge on any atom is -0.315 e. The van der Waals surface area contributed by atoms with Gasteiger partial charge in [0.1, 0.15) is 0 Å². The predicted octanol–water partition coefficient (Wildman–Crippen LogP) is 3.33. The van der Waals surface area contributed by atoms with E-state index in [0.717, 1.165) is 5.56 Å². The van der Waals surface area contributed by atoms with Crippen molar-refractivity contribution >= 4 is 13.8 Å². The molecule has 0 aliphatic rings. The van der Waals surface area contributed by atoms with Crippen LogP contribution >= 0.6 is 7.75 Å². The first-order valence-corrected chi connectivity index (χ1v) is 7.77. The zero-order chi connectivity index (χ0) is 14.4. The summed E-state index contributed by atoms with van der Waals surface area (Å²) in [5.74, 6) is 0.396. The predicted molar refractivity (Wildman–Crippen MR) is 74.2 cm³/mol. The highest BCUT2D eigenvalue weighted by Crippen LogP contribution is 2.47. The summed E-state index contributed by atoms with van der Waals surface area (Å²) >= 11 is 0. The largest absolute Gasteiger partial charge is 0.436 e. The fraction of sp³-hybridized carbons (Fsp3) is 0.333. The molecule has 0 radical (unpaired) electrons. The Kier molecular flexibility index (Phi) is 4.89. The summed E-state index contributed by atoms with van der Waals surface area (Å²) in [5, 5.41) is 6.33. The molecule has 8 heteroatoms. The van der Waals surface area contributed by atoms with Gasteiger partial charge in [-0.2, -0.15) is 4.98 Å². The normalized spacial score (nSPS) is 11.5. The standard InChI is InChI=1S/C12H16N3O4P/c1-3-17-20(16,18-4-2)15-12-13-11(14-19-12)10-8-6-5-7-9-10/h5-9H,3-4H2,1-2H3,(H,13,14,15,16). The third kappa shape index (κ3) is 3.66. The average Bonchev–Trinajstić information content (AvgIpc) is 2.88. The van der Waals surface area contributed by atoms with Gasteiger partial charge in [-0.1, -0.05) is 35.5 Å². The summed E-state index contributed by atoms with van der Waals surface area (Å²) in [6, 6.07) is 9.31. The second-order valence-electron chi connectivity index (χ2n) is 3.73. The summed E-state index contributed by atoms with van der Waals surface area (Å²) in [7, 11) is -3.47. The molecular weight excluding hydrogens is 281 g/mol. The maximum atomic E-state index is 12.2. The molecule has 0 aliphatic heterocycles. The third-order valence-electron chi connectivity index (χ3n) is 2.29. The Labute approximate surface area is 116 Å². The van der Waals surface area contributed by atoms with Crippen LogP contribution in [0.15, 0.2) is 34.9 Å². The van der Waals surface area contributed by atoms with Crippen molar-refractivity contribution in [2.75, 3.05) is 18.3 Å². The quantitative estimate of drug-likeness (QED) is 0.784. The molecule has 0 fully saturated rings. The number of nitrogens with one attached hydrogen (secondary N) is 1. The van der Waals surface area contributed by atoms with Crippen molar-refractivity contribution in [3.05, 3.63) is 30.3 Å². The first-order valence-electron chi connectivity index (χ1n) is 6.23. The van der Waals surface area contributed by atoms with E-state index in [1.807, 2.05) is 30.3 Å². The Balaban J connectivity index is 2.15. The summed E-state index contributed by atoms with van der Waals surface area (Å²) in [6.45, 7) is 3.92. The van der Waals surface area contributed by atoms with E-state index in [1.54, 1.807) is 13.8 Å². The van der Waals surface area contributed by atoms with Gasteiger partial charge in [-0.15, -0.1) is 0 Å². The highest BCUT2D eigenvalue weighted by Gasteiger charge is 2.26. The number of aromatic nitrogens is 2. The molecule has 1 aromatic heterocycles. The molecule has 0 spiro atoms. The van der Waals surface area contributed by atoms with Crippen LogP contribution in [-0.4, -0.2) is 23.4 Å². The highest BCUT2D eigenvalue weighted by atomic mass is 31.2. The molecule has 0 aliphatic carbocycles. The van der Waals surface area contributed by atoms with Gasteiger partial charge in [0.25, 0.3) is 0 Å². The van der Waals surface area contributed by atoms with Crippen LogP contribution < -0.4 is 5.09 Å². The first kappa shape index (κ1) is 14.7. The van der Waals surface area contributed by atoms with Gasteiger partial charge in [0.05, 0.1) is 13.2 Å². The highest BCUT2D eigenvalue weighted by molar-refractivity contribution is 7.55. The number of hydrogen-bond acceptors (Lipinski definition) is 6. The molecule has 108 valence electrons. The van der Waals surface area contributed by atoms with Crippen molar-refractivity contribution in [3.63, 3.8) is 0 Å². The van der Waals surface area contributed by atoms with Gasteiger partial charge in [-0.3, -0.25) is 9.05 Å². The Morgan fingerprint density at radius 1 is 1.20 bits per heavy atom. The van der Waals surface area contributed by atoms with Gasteiger partial charge >= 0.3 is 13.8 Å². The van der Waals surface area contributed by atoms with Crippen LogP contribution in [0.3, 0.4) is 0 Å². The molecule has 2 aromatic rings. The molecule has 1 aromatic carbocycles. The van der Waals surface area contributed by atoms with Crippen molar-refractivity contribution < 1.29 is 18.1 Å². The summed E-state index contributed by atoms with van der Waals surface area (Å²) < 4.78 is 27.4. The lowest BCUT2D eigenvalue weighted by Gasteiger charge is -2.15. The van der Waals surface area contributed by atoms with Crippen LogP contribution in [0.1, 0.15) is 13.8 Å².